The highest BCUT2D eigenvalue weighted by atomic mass is 16.5. The Bertz CT molecular complexity index is 377. The molecule has 4 heteroatoms. The molecule has 1 saturated heterocycles. The van der Waals surface area contributed by atoms with Crippen molar-refractivity contribution in [2.45, 2.75) is 12.5 Å². The van der Waals surface area contributed by atoms with Gasteiger partial charge < -0.3 is 19.9 Å². The molecule has 0 saturated carbocycles. The molecule has 4 nitrogen and oxygen atoms in total. The fourth-order valence-corrected chi connectivity index (χ4v) is 2.59. The number of methoxy groups -OCH3 is 1. The monoisotopic (exact) mass is 263 g/mol. The van der Waals surface area contributed by atoms with Crippen LogP contribution in [-0.4, -0.2) is 58.3 Å². The number of benzene rings is 1. The van der Waals surface area contributed by atoms with Gasteiger partial charge in [-0.1, -0.05) is 0 Å². The van der Waals surface area contributed by atoms with Gasteiger partial charge >= 0.3 is 0 Å². The summed E-state index contributed by atoms with van der Waals surface area (Å²) in [5, 5.41) is 3.63. The SMILES string of the molecule is COc1ccc(N2CCCNC(CN(C)C)C2)cc1. The number of nitrogens with one attached hydrogen (secondary N) is 1. The van der Waals surface area contributed by atoms with E-state index in [0.717, 1.165) is 31.9 Å². The van der Waals surface area contributed by atoms with Crippen molar-refractivity contribution in [2.24, 2.45) is 0 Å². The summed E-state index contributed by atoms with van der Waals surface area (Å²) in [6, 6.07) is 8.90. The lowest BCUT2D eigenvalue weighted by molar-refractivity contribution is 0.346. The van der Waals surface area contributed by atoms with Crippen molar-refractivity contribution >= 4 is 5.69 Å². The van der Waals surface area contributed by atoms with Crippen LogP contribution in [0.2, 0.25) is 0 Å². The maximum absolute atomic E-state index is 5.22. The normalized spacial score (nSPS) is 20.4. The molecule has 1 heterocycles. The van der Waals surface area contributed by atoms with E-state index in [1.165, 1.54) is 12.1 Å². The third-order valence-corrected chi connectivity index (χ3v) is 3.50. The van der Waals surface area contributed by atoms with Crippen molar-refractivity contribution in [1.29, 1.82) is 0 Å². The van der Waals surface area contributed by atoms with Gasteiger partial charge in [0, 0.05) is 31.4 Å². The average molecular weight is 263 g/mol. The van der Waals surface area contributed by atoms with Gasteiger partial charge in [-0.25, -0.2) is 0 Å². The third-order valence-electron chi connectivity index (χ3n) is 3.50. The zero-order valence-corrected chi connectivity index (χ0v) is 12.2. The predicted molar refractivity (Wildman–Crippen MR) is 80.2 cm³/mol. The van der Waals surface area contributed by atoms with Gasteiger partial charge in [-0.05, 0) is 51.3 Å². The molecule has 1 atom stereocenters. The van der Waals surface area contributed by atoms with Crippen molar-refractivity contribution in [3.05, 3.63) is 24.3 Å². The fraction of sp³-hybridized carbons (Fsp3) is 0.600. The van der Waals surface area contributed by atoms with Gasteiger partial charge in [0.05, 0.1) is 7.11 Å². The highest BCUT2D eigenvalue weighted by molar-refractivity contribution is 5.49. The van der Waals surface area contributed by atoms with E-state index < -0.39 is 0 Å². The average Bonchev–Trinajstić information content (AvgIpc) is 2.64. The molecule has 1 fully saturated rings. The Kier molecular flexibility index (Phi) is 5.05. The van der Waals surface area contributed by atoms with Crippen LogP contribution in [0.4, 0.5) is 5.69 Å². The number of hydrogen-bond acceptors (Lipinski definition) is 4. The van der Waals surface area contributed by atoms with Crippen LogP contribution in [0, 0.1) is 0 Å². The van der Waals surface area contributed by atoms with Crippen molar-refractivity contribution < 1.29 is 4.74 Å². The summed E-state index contributed by atoms with van der Waals surface area (Å²) in [6.07, 6.45) is 1.19. The lowest BCUT2D eigenvalue weighted by Crippen LogP contribution is -2.44. The molecule has 1 aromatic rings. The number of likely N-dealkylation sites (N-methyl/N-ethyl adjacent to an activating group) is 1. The van der Waals surface area contributed by atoms with Gasteiger partial charge in [0.2, 0.25) is 0 Å². The van der Waals surface area contributed by atoms with E-state index in [1.807, 2.05) is 12.1 Å². The maximum atomic E-state index is 5.22. The van der Waals surface area contributed by atoms with Gasteiger partial charge in [0.15, 0.2) is 0 Å². The van der Waals surface area contributed by atoms with Crippen LogP contribution < -0.4 is 15.0 Å². The number of nitrogens with zero attached hydrogens (tertiary/aromatic N) is 2. The minimum atomic E-state index is 0.527. The van der Waals surface area contributed by atoms with E-state index in [2.05, 4.69) is 41.3 Å². The minimum absolute atomic E-state index is 0.527. The molecule has 0 amide bonds. The van der Waals surface area contributed by atoms with Gasteiger partial charge in [0.1, 0.15) is 5.75 Å². The van der Waals surface area contributed by atoms with E-state index in [1.54, 1.807) is 7.11 Å². The van der Waals surface area contributed by atoms with E-state index in [9.17, 15) is 0 Å². The highest BCUT2D eigenvalue weighted by Crippen LogP contribution is 2.20. The van der Waals surface area contributed by atoms with Gasteiger partial charge in [-0.3, -0.25) is 0 Å². The van der Waals surface area contributed by atoms with Crippen molar-refractivity contribution in [2.75, 3.05) is 52.3 Å². The molecule has 1 N–H and O–H groups in total. The first-order valence-electron chi connectivity index (χ1n) is 6.96. The van der Waals surface area contributed by atoms with Crippen molar-refractivity contribution in [1.82, 2.24) is 10.2 Å². The minimum Gasteiger partial charge on any atom is -0.497 e. The zero-order chi connectivity index (χ0) is 13.7. The van der Waals surface area contributed by atoms with Crippen LogP contribution in [0.5, 0.6) is 5.75 Å². The summed E-state index contributed by atoms with van der Waals surface area (Å²) in [7, 11) is 5.96. The molecule has 1 aliphatic rings. The molecular weight excluding hydrogens is 238 g/mol. The Morgan fingerprint density at radius 2 is 2.05 bits per heavy atom. The molecule has 1 aromatic carbocycles. The van der Waals surface area contributed by atoms with Crippen LogP contribution in [-0.2, 0) is 0 Å². The first-order valence-corrected chi connectivity index (χ1v) is 6.96. The lowest BCUT2D eigenvalue weighted by Gasteiger charge is -2.28. The first kappa shape index (κ1) is 14.2. The van der Waals surface area contributed by atoms with Crippen molar-refractivity contribution in [3.63, 3.8) is 0 Å². The Labute approximate surface area is 116 Å². The summed E-state index contributed by atoms with van der Waals surface area (Å²) in [4.78, 5) is 4.71. The standard InChI is InChI=1S/C15H25N3O/c1-17(2)11-13-12-18(10-4-9-16-13)14-5-7-15(19-3)8-6-14/h5-8,13,16H,4,9-12H2,1-3H3. The molecule has 0 bridgehead atoms. The largest absolute Gasteiger partial charge is 0.497 e. The molecule has 106 valence electrons. The summed E-state index contributed by atoms with van der Waals surface area (Å²) in [6.45, 7) is 4.35. The number of ether oxygens (including phenoxy) is 1. The third kappa shape index (κ3) is 4.11. The number of anilines is 1. The second-order valence-corrected chi connectivity index (χ2v) is 5.41. The van der Waals surface area contributed by atoms with Crippen LogP contribution in [0.1, 0.15) is 6.42 Å². The molecule has 0 aromatic heterocycles. The number of hydrogen-bond donors (Lipinski definition) is 1. The Balaban J connectivity index is 2.04. The van der Waals surface area contributed by atoms with E-state index in [0.29, 0.717) is 6.04 Å². The maximum Gasteiger partial charge on any atom is 0.119 e. The van der Waals surface area contributed by atoms with Crippen LogP contribution >= 0.6 is 0 Å². The molecule has 2 rings (SSSR count). The molecular formula is C15H25N3O. The Hall–Kier alpha value is -1.26. The Morgan fingerprint density at radius 3 is 2.68 bits per heavy atom. The fourth-order valence-electron chi connectivity index (χ4n) is 2.59. The summed E-state index contributed by atoms with van der Waals surface area (Å²) < 4.78 is 5.22. The van der Waals surface area contributed by atoms with E-state index >= 15 is 0 Å². The van der Waals surface area contributed by atoms with Crippen molar-refractivity contribution in [3.8, 4) is 5.75 Å². The molecule has 1 aliphatic heterocycles. The molecule has 19 heavy (non-hydrogen) atoms. The first-order chi connectivity index (χ1) is 9.19. The number of rotatable bonds is 4. The second kappa shape index (κ2) is 6.78. The molecule has 0 aliphatic carbocycles. The summed E-state index contributed by atoms with van der Waals surface area (Å²) >= 11 is 0. The van der Waals surface area contributed by atoms with Gasteiger partial charge in [0.25, 0.3) is 0 Å². The molecule has 0 spiro atoms. The van der Waals surface area contributed by atoms with Gasteiger partial charge in [-0.2, -0.15) is 0 Å². The molecule has 1 unspecified atom stereocenters. The topological polar surface area (TPSA) is 27.7 Å². The lowest BCUT2D eigenvalue weighted by atomic mass is 10.2. The molecule has 0 radical (unpaired) electrons. The highest BCUT2D eigenvalue weighted by Gasteiger charge is 2.18. The smallest absolute Gasteiger partial charge is 0.119 e. The summed E-state index contributed by atoms with van der Waals surface area (Å²) in [5.41, 5.74) is 1.29. The van der Waals surface area contributed by atoms with Crippen LogP contribution in [0.3, 0.4) is 0 Å². The van der Waals surface area contributed by atoms with E-state index in [4.69, 9.17) is 4.74 Å². The predicted octanol–water partition coefficient (Wildman–Crippen LogP) is 1.43. The van der Waals surface area contributed by atoms with E-state index in [-0.39, 0.29) is 0 Å². The Morgan fingerprint density at radius 1 is 1.32 bits per heavy atom. The quantitative estimate of drug-likeness (QED) is 0.889. The summed E-state index contributed by atoms with van der Waals surface area (Å²) in [5.74, 6) is 0.918. The van der Waals surface area contributed by atoms with Gasteiger partial charge in [-0.15, -0.1) is 0 Å². The van der Waals surface area contributed by atoms with Crippen LogP contribution in [0.15, 0.2) is 24.3 Å². The second-order valence-electron chi connectivity index (χ2n) is 5.41. The van der Waals surface area contributed by atoms with Crippen LogP contribution in [0.25, 0.3) is 0 Å². The zero-order valence-electron chi connectivity index (χ0n) is 12.2.